The number of phenols is 5. The van der Waals surface area contributed by atoms with Crippen LogP contribution < -0.4 is 11.1 Å². The number of fused-ring (bicyclic) bond motifs is 1. The molecule has 0 bridgehead atoms. The minimum atomic E-state index is -2.88. The number of carbonyl (C=O) groups excluding carboxylic acids is 2. The number of carboxylic acids is 1. The maximum Gasteiger partial charge on any atom is 0.358 e. The molecule has 0 aromatic heterocycles. The molecule has 1 aliphatic heterocycles. The van der Waals surface area contributed by atoms with Crippen LogP contribution in [0.15, 0.2) is 54.6 Å². The molecule has 3 aromatic rings. The standard InChI is InChI=1S/C29H31N3O10/c30-14-16(4-1-2-13-31-26(38)19-5-3-6-20(34)24(19)36)32-27(39)22-18(11-12-21(35)25(22)37)23(29(32,42)28(40)41)15-7-9-17(33)10-8-15/h3,5-12,16,23,33-37,42H,1-2,4,13-14,30H2,(H,31,38)(H,40,41)/t16-,23+,29-/m0/s1. The van der Waals surface area contributed by atoms with Gasteiger partial charge in [-0.05, 0) is 60.7 Å². The van der Waals surface area contributed by atoms with Crippen LogP contribution in [0.4, 0.5) is 0 Å². The van der Waals surface area contributed by atoms with Crippen molar-refractivity contribution in [1.29, 1.82) is 0 Å². The van der Waals surface area contributed by atoms with Crippen molar-refractivity contribution in [2.45, 2.75) is 36.9 Å². The number of carboxylic acid groups (broad SMARTS) is 1. The highest BCUT2D eigenvalue weighted by atomic mass is 16.4. The summed E-state index contributed by atoms with van der Waals surface area (Å²) in [4.78, 5) is 39.6. The van der Waals surface area contributed by atoms with Crippen molar-refractivity contribution in [3.05, 3.63) is 76.9 Å². The number of carbonyl (C=O) groups is 3. The molecule has 4 rings (SSSR count). The largest absolute Gasteiger partial charge is 0.508 e. The van der Waals surface area contributed by atoms with E-state index in [0.717, 1.165) is 6.07 Å². The number of aromatic hydroxyl groups is 5. The quantitative estimate of drug-likeness (QED) is 0.123. The maximum atomic E-state index is 13.8. The fourth-order valence-corrected chi connectivity index (χ4v) is 5.31. The number of rotatable bonds is 10. The van der Waals surface area contributed by atoms with Gasteiger partial charge in [-0.2, -0.15) is 0 Å². The predicted octanol–water partition coefficient (Wildman–Crippen LogP) is 1.50. The Kier molecular flexibility index (Phi) is 8.45. The van der Waals surface area contributed by atoms with Gasteiger partial charge < -0.3 is 46.8 Å². The minimum absolute atomic E-state index is 0.0455. The third-order valence-electron chi connectivity index (χ3n) is 7.39. The summed E-state index contributed by atoms with van der Waals surface area (Å²) in [5, 5.41) is 74.9. The first-order chi connectivity index (χ1) is 19.9. The van der Waals surface area contributed by atoms with E-state index in [-0.39, 0.29) is 42.0 Å². The Labute approximate surface area is 239 Å². The molecule has 1 heterocycles. The first-order valence-corrected chi connectivity index (χ1v) is 13.1. The summed E-state index contributed by atoms with van der Waals surface area (Å²) < 4.78 is 0. The molecule has 1 aliphatic rings. The van der Waals surface area contributed by atoms with Crippen LogP contribution in [0, 0.1) is 0 Å². The van der Waals surface area contributed by atoms with Gasteiger partial charge in [-0.25, -0.2) is 4.79 Å². The number of hydrogen-bond donors (Lipinski definition) is 9. The Balaban J connectivity index is 1.61. The van der Waals surface area contributed by atoms with Gasteiger partial charge in [0.25, 0.3) is 17.5 Å². The fraction of sp³-hybridized carbons (Fsp3) is 0.276. The van der Waals surface area contributed by atoms with Crippen molar-refractivity contribution in [2.24, 2.45) is 5.73 Å². The molecule has 222 valence electrons. The van der Waals surface area contributed by atoms with Gasteiger partial charge in [-0.15, -0.1) is 0 Å². The summed E-state index contributed by atoms with van der Waals surface area (Å²) in [6.07, 6.45) is 0.720. The van der Waals surface area contributed by atoms with Gasteiger partial charge in [0.05, 0.1) is 17.0 Å². The molecule has 0 radical (unpaired) electrons. The van der Waals surface area contributed by atoms with Crippen molar-refractivity contribution in [2.75, 3.05) is 13.1 Å². The van der Waals surface area contributed by atoms with Crippen molar-refractivity contribution >= 4 is 17.8 Å². The summed E-state index contributed by atoms with van der Waals surface area (Å²) in [5.41, 5.74) is 2.75. The highest BCUT2D eigenvalue weighted by molar-refractivity contribution is 6.04. The number of unbranched alkanes of at least 4 members (excludes halogenated alkanes) is 1. The van der Waals surface area contributed by atoms with Gasteiger partial charge in [0.2, 0.25) is 0 Å². The van der Waals surface area contributed by atoms with E-state index >= 15 is 0 Å². The molecule has 3 aromatic carbocycles. The lowest BCUT2D eigenvalue weighted by molar-refractivity contribution is -0.186. The van der Waals surface area contributed by atoms with Crippen LogP contribution in [0.1, 0.15) is 57.0 Å². The van der Waals surface area contributed by atoms with Crippen LogP contribution in [0.2, 0.25) is 0 Å². The molecule has 0 aliphatic carbocycles. The minimum Gasteiger partial charge on any atom is -0.508 e. The van der Waals surface area contributed by atoms with Crippen LogP contribution in [0.5, 0.6) is 28.7 Å². The number of para-hydroxylation sites is 1. The number of aliphatic hydroxyl groups is 1. The summed E-state index contributed by atoms with van der Waals surface area (Å²) >= 11 is 0. The Bertz CT molecular complexity index is 1510. The molecule has 13 nitrogen and oxygen atoms in total. The molecule has 3 atom stereocenters. The normalized spacial score (nSPS) is 18.8. The molecule has 2 amide bonds. The van der Waals surface area contributed by atoms with E-state index in [4.69, 9.17) is 5.73 Å². The first kappa shape index (κ1) is 30.0. The zero-order chi connectivity index (χ0) is 30.8. The fourth-order valence-electron chi connectivity index (χ4n) is 5.31. The maximum absolute atomic E-state index is 13.8. The highest BCUT2D eigenvalue weighted by Crippen LogP contribution is 2.49. The van der Waals surface area contributed by atoms with Crippen molar-refractivity contribution in [3.8, 4) is 28.7 Å². The number of benzene rings is 3. The Morgan fingerprint density at radius 2 is 1.60 bits per heavy atom. The van der Waals surface area contributed by atoms with Crippen molar-refractivity contribution in [1.82, 2.24) is 10.2 Å². The molecule has 0 saturated carbocycles. The molecular weight excluding hydrogens is 550 g/mol. The van der Waals surface area contributed by atoms with E-state index < -0.39 is 64.0 Å². The number of nitrogens with zero attached hydrogens (tertiary/aromatic N) is 1. The van der Waals surface area contributed by atoms with Gasteiger partial charge in [-0.3, -0.25) is 14.5 Å². The molecule has 0 unspecified atom stereocenters. The number of nitrogens with two attached hydrogens (primary N) is 1. The van der Waals surface area contributed by atoms with E-state index in [0.29, 0.717) is 17.7 Å². The second kappa shape index (κ2) is 11.8. The lowest BCUT2D eigenvalue weighted by Gasteiger charge is -2.49. The van der Waals surface area contributed by atoms with E-state index in [1.807, 2.05) is 0 Å². The Morgan fingerprint density at radius 1 is 0.929 bits per heavy atom. The summed E-state index contributed by atoms with van der Waals surface area (Å²) in [7, 11) is 0. The van der Waals surface area contributed by atoms with Crippen molar-refractivity contribution < 1.29 is 50.1 Å². The number of phenolic OH excluding ortho intramolecular Hbond substituents is 5. The molecule has 0 saturated heterocycles. The molecular formula is C29H31N3O10. The first-order valence-electron chi connectivity index (χ1n) is 13.1. The van der Waals surface area contributed by atoms with Gasteiger partial charge >= 0.3 is 5.97 Å². The third-order valence-corrected chi connectivity index (χ3v) is 7.39. The van der Waals surface area contributed by atoms with Gasteiger partial charge in [0, 0.05) is 19.1 Å². The average Bonchev–Trinajstić information content (AvgIpc) is 2.95. The number of amides is 2. The second-order valence-corrected chi connectivity index (χ2v) is 9.94. The Hall–Kier alpha value is -5.01. The van der Waals surface area contributed by atoms with Crippen LogP contribution in [0.3, 0.4) is 0 Å². The molecule has 10 N–H and O–H groups in total. The molecule has 13 heteroatoms. The summed E-state index contributed by atoms with van der Waals surface area (Å²) in [6.45, 7) is -0.155. The second-order valence-electron chi connectivity index (χ2n) is 9.94. The zero-order valence-corrected chi connectivity index (χ0v) is 22.3. The van der Waals surface area contributed by atoms with E-state index in [9.17, 15) is 50.1 Å². The van der Waals surface area contributed by atoms with Crippen LogP contribution in [-0.2, 0) is 4.79 Å². The number of hydrogen-bond acceptors (Lipinski definition) is 10. The van der Waals surface area contributed by atoms with Gasteiger partial charge in [0.15, 0.2) is 23.0 Å². The third kappa shape index (κ3) is 5.22. The topological polar surface area (TPSA) is 234 Å². The summed E-state index contributed by atoms with van der Waals surface area (Å²) in [5.74, 6) is -7.43. The van der Waals surface area contributed by atoms with Crippen molar-refractivity contribution in [3.63, 3.8) is 0 Å². The summed E-state index contributed by atoms with van der Waals surface area (Å²) in [6, 6.07) is 10.5. The van der Waals surface area contributed by atoms with Crippen LogP contribution in [-0.4, -0.2) is 83.3 Å². The van der Waals surface area contributed by atoms with Gasteiger partial charge in [-0.1, -0.05) is 24.3 Å². The SMILES string of the molecule is NC[C@H](CCCCNC(=O)c1cccc(O)c1O)N1C(=O)c2c(ccc(O)c2O)[C@@H](c2ccc(O)cc2)[C@]1(O)C(=O)O. The molecule has 0 fully saturated rings. The van der Waals surface area contributed by atoms with Crippen LogP contribution in [0.25, 0.3) is 0 Å². The Morgan fingerprint density at radius 3 is 2.24 bits per heavy atom. The molecule has 42 heavy (non-hydrogen) atoms. The highest BCUT2D eigenvalue weighted by Gasteiger charge is 2.59. The smallest absolute Gasteiger partial charge is 0.358 e. The average molecular weight is 582 g/mol. The predicted molar refractivity (Wildman–Crippen MR) is 147 cm³/mol. The lowest BCUT2D eigenvalue weighted by atomic mass is 9.74. The monoisotopic (exact) mass is 581 g/mol. The van der Waals surface area contributed by atoms with E-state index in [1.54, 1.807) is 0 Å². The van der Waals surface area contributed by atoms with Crippen LogP contribution >= 0.6 is 0 Å². The lowest BCUT2D eigenvalue weighted by Crippen LogP contribution is -2.67. The molecule has 0 spiro atoms. The number of nitrogens with one attached hydrogen (secondary N) is 1. The van der Waals surface area contributed by atoms with Gasteiger partial charge in [0.1, 0.15) is 5.75 Å². The zero-order valence-electron chi connectivity index (χ0n) is 22.3. The van der Waals surface area contributed by atoms with E-state index in [1.165, 1.54) is 48.5 Å². The van der Waals surface area contributed by atoms with E-state index in [2.05, 4.69) is 5.32 Å². The number of aliphatic carboxylic acids is 1.